The summed E-state index contributed by atoms with van der Waals surface area (Å²) >= 11 is 0. The van der Waals surface area contributed by atoms with Gasteiger partial charge in [-0.05, 0) is 24.6 Å². The first kappa shape index (κ1) is 14.1. The summed E-state index contributed by atoms with van der Waals surface area (Å²) in [4.78, 5) is 8.34. The molecule has 0 amide bonds. The van der Waals surface area contributed by atoms with E-state index in [2.05, 4.69) is 15.1 Å². The third-order valence-corrected chi connectivity index (χ3v) is 5.71. The molecule has 3 aromatic heterocycles. The third kappa shape index (κ3) is 2.34. The van der Waals surface area contributed by atoms with E-state index in [-0.39, 0.29) is 10.8 Å². The smallest absolute Gasteiger partial charge is 0.244 e. The Morgan fingerprint density at radius 3 is 2.70 bits per heavy atom. The van der Waals surface area contributed by atoms with E-state index in [4.69, 9.17) is 5.73 Å². The second-order valence-electron chi connectivity index (χ2n) is 5.36. The van der Waals surface area contributed by atoms with Crippen LogP contribution in [0.5, 0.6) is 0 Å². The summed E-state index contributed by atoms with van der Waals surface area (Å²) < 4.78 is 27.9. The largest absolute Gasteiger partial charge is 0.366 e. The van der Waals surface area contributed by atoms with Crippen LogP contribution in [0, 0.1) is 0 Å². The lowest BCUT2D eigenvalue weighted by atomic mass is 10.1. The summed E-state index contributed by atoms with van der Waals surface area (Å²) in [6, 6.07) is 5.23. The van der Waals surface area contributed by atoms with Gasteiger partial charge in [-0.3, -0.25) is 4.98 Å². The van der Waals surface area contributed by atoms with Crippen LogP contribution < -0.4 is 5.73 Å². The maximum atomic E-state index is 12.5. The zero-order chi connectivity index (χ0) is 16.0. The number of nitrogens with two attached hydrogens (primary N) is 1. The molecule has 9 heteroatoms. The fraction of sp³-hybridized carbons (Fsp3) is 0.214. The molecule has 1 saturated heterocycles. The number of fused-ring (bicyclic) bond motifs is 1. The van der Waals surface area contributed by atoms with Crippen LogP contribution in [-0.2, 0) is 10.0 Å². The van der Waals surface area contributed by atoms with Crippen LogP contribution in [0.15, 0.2) is 41.7 Å². The molecule has 0 atom stereocenters. The van der Waals surface area contributed by atoms with Crippen LogP contribution in [-0.4, -0.2) is 45.4 Å². The lowest BCUT2D eigenvalue weighted by Crippen LogP contribution is -2.41. The van der Waals surface area contributed by atoms with Crippen LogP contribution in [0.2, 0.25) is 0 Å². The Balaban J connectivity index is 1.77. The average Bonchev–Trinajstić information content (AvgIpc) is 2.84. The minimum absolute atomic E-state index is 0.189. The standard InChI is InChI=1S/C14H14N6O2S/c15-14-17-13-3-2-10(9-20(13)18-14)11-6-12(8-16-7-11)23(21,22)19-4-1-5-19/h2-3,6-9H,1,4-5H2,(H2,15,18). The van der Waals surface area contributed by atoms with Gasteiger partial charge in [0.15, 0.2) is 5.65 Å². The van der Waals surface area contributed by atoms with E-state index >= 15 is 0 Å². The highest BCUT2D eigenvalue weighted by molar-refractivity contribution is 7.89. The zero-order valence-electron chi connectivity index (χ0n) is 12.1. The van der Waals surface area contributed by atoms with E-state index < -0.39 is 10.0 Å². The molecule has 1 aliphatic rings. The van der Waals surface area contributed by atoms with E-state index in [1.165, 1.54) is 10.5 Å². The summed E-state index contributed by atoms with van der Waals surface area (Å²) in [7, 11) is -3.46. The number of hydrogen-bond acceptors (Lipinski definition) is 6. The lowest BCUT2D eigenvalue weighted by molar-refractivity contribution is 0.309. The number of aromatic nitrogens is 4. The second kappa shape index (κ2) is 5.00. The van der Waals surface area contributed by atoms with Gasteiger partial charge in [-0.25, -0.2) is 12.9 Å². The van der Waals surface area contributed by atoms with Crippen molar-refractivity contribution in [2.75, 3.05) is 18.8 Å². The van der Waals surface area contributed by atoms with E-state index in [1.807, 2.05) is 6.07 Å². The molecule has 23 heavy (non-hydrogen) atoms. The summed E-state index contributed by atoms with van der Waals surface area (Å²) in [6.07, 6.45) is 5.65. The minimum atomic E-state index is -3.46. The van der Waals surface area contributed by atoms with Crippen molar-refractivity contribution in [3.63, 3.8) is 0 Å². The van der Waals surface area contributed by atoms with Gasteiger partial charge in [0.2, 0.25) is 16.0 Å². The van der Waals surface area contributed by atoms with Crippen molar-refractivity contribution in [1.29, 1.82) is 0 Å². The fourth-order valence-corrected chi connectivity index (χ4v) is 3.97. The average molecular weight is 330 g/mol. The molecule has 2 N–H and O–H groups in total. The molecular weight excluding hydrogens is 316 g/mol. The van der Waals surface area contributed by atoms with Gasteiger partial charge >= 0.3 is 0 Å². The van der Waals surface area contributed by atoms with E-state index in [0.717, 1.165) is 12.0 Å². The van der Waals surface area contributed by atoms with Crippen LogP contribution in [0.3, 0.4) is 0 Å². The molecule has 0 bridgehead atoms. The van der Waals surface area contributed by atoms with Gasteiger partial charge in [0.05, 0.1) is 0 Å². The molecule has 8 nitrogen and oxygen atoms in total. The summed E-state index contributed by atoms with van der Waals surface area (Å²) in [5.74, 6) is 0.189. The fourth-order valence-electron chi connectivity index (χ4n) is 2.47. The van der Waals surface area contributed by atoms with E-state index in [1.54, 1.807) is 29.0 Å². The maximum absolute atomic E-state index is 12.5. The van der Waals surface area contributed by atoms with Crippen molar-refractivity contribution in [2.24, 2.45) is 0 Å². The van der Waals surface area contributed by atoms with Gasteiger partial charge in [0.25, 0.3) is 0 Å². The van der Waals surface area contributed by atoms with Gasteiger partial charge < -0.3 is 5.73 Å². The Labute approximate surface area is 132 Å². The molecule has 4 heterocycles. The van der Waals surface area contributed by atoms with Gasteiger partial charge in [-0.2, -0.15) is 9.29 Å². The highest BCUT2D eigenvalue weighted by Gasteiger charge is 2.29. The van der Waals surface area contributed by atoms with Crippen molar-refractivity contribution in [3.05, 3.63) is 36.8 Å². The Morgan fingerprint density at radius 2 is 1.96 bits per heavy atom. The molecule has 0 spiro atoms. The van der Waals surface area contributed by atoms with Crippen molar-refractivity contribution < 1.29 is 8.42 Å². The van der Waals surface area contributed by atoms with Gasteiger partial charge in [-0.1, -0.05) is 0 Å². The summed E-state index contributed by atoms with van der Waals surface area (Å²) in [5.41, 5.74) is 7.69. The zero-order valence-corrected chi connectivity index (χ0v) is 12.9. The van der Waals surface area contributed by atoms with Gasteiger partial charge in [0, 0.05) is 42.8 Å². The third-order valence-electron chi connectivity index (χ3n) is 3.85. The highest BCUT2D eigenvalue weighted by atomic mass is 32.2. The second-order valence-corrected chi connectivity index (χ2v) is 7.30. The Morgan fingerprint density at radius 1 is 1.13 bits per heavy atom. The maximum Gasteiger partial charge on any atom is 0.244 e. The molecule has 4 rings (SSSR count). The van der Waals surface area contributed by atoms with Crippen molar-refractivity contribution in [2.45, 2.75) is 11.3 Å². The molecule has 0 radical (unpaired) electrons. The molecule has 0 unspecified atom stereocenters. The molecule has 0 saturated carbocycles. The van der Waals surface area contributed by atoms with Crippen molar-refractivity contribution >= 4 is 21.6 Å². The van der Waals surface area contributed by atoms with E-state index in [0.29, 0.717) is 24.3 Å². The topological polar surface area (TPSA) is 106 Å². The molecule has 0 aromatic carbocycles. The molecule has 3 aromatic rings. The number of pyridine rings is 2. The molecule has 1 fully saturated rings. The molecule has 1 aliphatic heterocycles. The normalized spacial score (nSPS) is 15.7. The van der Waals surface area contributed by atoms with Crippen molar-refractivity contribution in [1.82, 2.24) is 23.9 Å². The lowest BCUT2D eigenvalue weighted by Gasteiger charge is -2.29. The Hall–Kier alpha value is -2.52. The number of anilines is 1. The first-order chi connectivity index (χ1) is 11.0. The van der Waals surface area contributed by atoms with Gasteiger partial charge in [0.1, 0.15) is 4.90 Å². The van der Waals surface area contributed by atoms with E-state index in [9.17, 15) is 8.42 Å². The van der Waals surface area contributed by atoms with Crippen LogP contribution in [0.4, 0.5) is 5.95 Å². The Bertz CT molecular complexity index is 993. The van der Waals surface area contributed by atoms with Crippen LogP contribution in [0.1, 0.15) is 6.42 Å². The quantitative estimate of drug-likeness (QED) is 0.760. The number of rotatable bonds is 3. The predicted molar refractivity (Wildman–Crippen MR) is 84.0 cm³/mol. The molecular formula is C14H14N6O2S. The minimum Gasteiger partial charge on any atom is -0.366 e. The summed E-state index contributed by atoms with van der Waals surface area (Å²) in [6.45, 7) is 1.13. The molecule has 0 aliphatic carbocycles. The first-order valence-electron chi connectivity index (χ1n) is 7.11. The van der Waals surface area contributed by atoms with Crippen molar-refractivity contribution in [3.8, 4) is 11.1 Å². The monoisotopic (exact) mass is 330 g/mol. The molecule has 118 valence electrons. The predicted octanol–water partition coefficient (Wildman–Crippen LogP) is 0.768. The summed E-state index contributed by atoms with van der Waals surface area (Å²) in [5, 5.41) is 4.06. The number of nitrogens with zero attached hydrogens (tertiary/aromatic N) is 5. The van der Waals surface area contributed by atoms with Gasteiger partial charge in [-0.15, -0.1) is 5.10 Å². The first-order valence-corrected chi connectivity index (χ1v) is 8.55. The number of nitrogen functional groups attached to an aromatic ring is 1. The number of sulfonamides is 1. The SMILES string of the molecule is Nc1nc2ccc(-c3cncc(S(=O)(=O)N4CCC4)c3)cn2n1. The number of hydrogen-bond donors (Lipinski definition) is 1. The van der Waals surface area contributed by atoms with Crippen LogP contribution in [0.25, 0.3) is 16.8 Å². The highest BCUT2D eigenvalue weighted by Crippen LogP contribution is 2.25. The van der Waals surface area contributed by atoms with Crippen LogP contribution >= 0.6 is 0 Å². The Kier molecular flexibility index (Phi) is 3.06.